The molecule has 0 aliphatic carbocycles. The van der Waals surface area contributed by atoms with Crippen molar-refractivity contribution < 1.29 is 4.79 Å². The van der Waals surface area contributed by atoms with Crippen molar-refractivity contribution in [2.45, 2.75) is 20.8 Å². The normalized spacial score (nSPS) is 10.3. The van der Waals surface area contributed by atoms with Gasteiger partial charge in [-0.15, -0.1) is 0 Å². The molecule has 0 atom stereocenters. The van der Waals surface area contributed by atoms with Crippen LogP contribution in [0.25, 0.3) is 0 Å². The van der Waals surface area contributed by atoms with Gasteiger partial charge in [-0.1, -0.05) is 12.1 Å². The number of carbonyl (C=O) groups excluding carboxylic acids is 1. The molecule has 0 bridgehead atoms. The smallest absolute Gasteiger partial charge is 0.230 e. The van der Waals surface area contributed by atoms with Crippen LogP contribution in [0.2, 0.25) is 0 Å². The number of ketones is 1. The molecule has 1 aromatic carbocycles. The van der Waals surface area contributed by atoms with Gasteiger partial charge in [-0.25, -0.2) is 9.97 Å². The zero-order valence-corrected chi connectivity index (χ0v) is 10.2. The van der Waals surface area contributed by atoms with Gasteiger partial charge in [-0.05, 0) is 43.5 Å². The molecule has 0 aliphatic heterocycles. The third kappa shape index (κ3) is 2.38. The Morgan fingerprint density at radius 3 is 2.24 bits per heavy atom. The third-order valence-corrected chi connectivity index (χ3v) is 2.75. The van der Waals surface area contributed by atoms with E-state index in [1.807, 2.05) is 39.0 Å². The predicted molar refractivity (Wildman–Crippen MR) is 66.1 cm³/mol. The van der Waals surface area contributed by atoms with Gasteiger partial charge in [-0.2, -0.15) is 0 Å². The van der Waals surface area contributed by atoms with Crippen LogP contribution in [-0.4, -0.2) is 15.8 Å². The van der Waals surface area contributed by atoms with Gasteiger partial charge in [0.15, 0.2) is 0 Å². The molecule has 17 heavy (non-hydrogen) atoms. The Morgan fingerprint density at radius 1 is 1.00 bits per heavy atom. The van der Waals surface area contributed by atoms with Gasteiger partial charge in [0, 0.05) is 18.0 Å². The summed E-state index contributed by atoms with van der Waals surface area (Å²) in [4.78, 5) is 20.2. The lowest BCUT2D eigenvalue weighted by Crippen LogP contribution is -2.07. The van der Waals surface area contributed by atoms with Crippen LogP contribution in [0.15, 0.2) is 30.6 Å². The molecule has 3 nitrogen and oxygen atoms in total. The lowest BCUT2D eigenvalue weighted by atomic mass is 10.0. The molecule has 0 saturated carbocycles. The molecular formula is C14H14N2O. The third-order valence-electron chi connectivity index (χ3n) is 2.75. The molecule has 0 N–H and O–H groups in total. The summed E-state index contributed by atoms with van der Waals surface area (Å²) in [5, 5.41) is 0. The fourth-order valence-electron chi connectivity index (χ4n) is 1.52. The molecular weight excluding hydrogens is 212 g/mol. The van der Waals surface area contributed by atoms with Crippen molar-refractivity contribution in [2.75, 3.05) is 0 Å². The van der Waals surface area contributed by atoms with Crippen LogP contribution >= 0.6 is 0 Å². The highest BCUT2D eigenvalue weighted by Gasteiger charge is 2.12. The molecule has 0 amide bonds. The Morgan fingerprint density at radius 2 is 1.65 bits per heavy atom. The fourth-order valence-corrected chi connectivity index (χ4v) is 1.52. The minimum atomic E-state index is -0.131. The van der Waals surface area contributed by atoms with E-state index in [-0.39, 0.29) is 11.6 Å². The van der Waals surface area contributed by atoms with Crippen LogP contribution < -0.4 is 0 Å². The van der Waals surface area contributed by atoms with Crippen LogP contribution in [0.1, 0.15) is 32.9 Å². The Balaban J connectivity index is 2.37. The summed E-state index contributed by atoms with van der Waals surface area (Å²) in [5.74, 6) is 0.118. The summed E-state index contributed by atoms with van der Waals surface area (Å²) < 4.78 is 0. The van der Waals surface area contributed by atoms with Gasteiger partial charge >= 0.3 is 0 Å². The average Bonchev–Trinajstić information content (AvgIpc) is 2.33. The van der Waals surface area contributed by atoms with Gasteiger partial charge in [-0.3, -0.25) is 4.79 Å². The van der Waals surface area contributed by atoms with Crippen LogP contribution in [-0.2, 0) is 0 Å². The first-order chi connectivity index (χ1) is 8.08. The molecule has 0 saturated heterocycles. The Labute approximate surface area is 101 Å². The van der Waals surface area contributed by atoms with Crippen molar-refractivity contribution in [1.82, 2.24) is 9.97 Å². The first-order valence-electron chi connectivity index (χ1n) is 5.48. The number of aromatic nitrogens is 2. The van der Waals surface area contributed by atoms with E-state index in [2.05, 4.69) is 9.97 Å². The van der Waals surface area contributed by atoms with Crippen molar-refractivity contribution in [2.24, 2.45) is 0 Å². The number of benzene rings is 1. The molecule has 0 radical (unpaired) electrons. The Kier molecular flexibility index (Phi) is 3.00. The molecule has 0 fully saturated rings. The van der Waals surface area contributed by atoms with Crippen molar-refractivity contribution in [1.29, 1.82) is 0 Å². The molecule has 0 unspecified atom stereocenters. The SMILES string of the molecule is Cc1cnc(C(=O)c2ccc(C)c(C)c2)nc1. The summed E-state index contributed by atoms with van der Waals surface area (Å²) in [6, 6.07) is 5.63. The van der Waals surface area contributed by atoms with E-state index in [0.29, 0.717) is 5.56 Å². The molecule has 1 heterocycles. The molecule has 86 valence electrons. The molecule has 0 spiro atoms. The summed E-state index contributed by atoms with van der Waals surface area (Å²) in [7, 11) is 0. The van der Waals surface area contributed by atoms with Crippen LogP contribution in [0, 0.1) is 20.8 Å². The van der Waals surface area contributed by atoms with Crippen LogP contribution in [0.4, 0.5) is 0 Å². The summed E-state index contributed by atoms with van der Waals surface area (Å²) in [5.41, 5.74) is 3.85. The number of carbonyl (C=O) groups is 1. The summed E-state index contributed by atoms with van der Waals surface area (Å²) >= 11 is 0. The van der Waals surface area contributed by atoms with Gasteiger partial charge in [0.25, 0.3) is 0 Å². The van der Waals surface area contributed by atoms with E-state index < -0.39 is 0 Å². The molecule has 3 heteroatoms. The quantitative estimate of drug-likeness (QED) is 0.739. The maximum atomic E-state index is 12.1. The zero-order chi connectivity index (χ0) is 12.4. The lowest BCUT2D eigenvalue weighted by molar-refractivity contribution is 0.102. The topological polar surface area (TPSA) is 42.9 Å². The maximum Gasteiger partial charge on any atom is 0.230 e. The van der Waals surface area contributed by atoms with Crippen LogP contribution in [0.3, 0.4) is 0 Å². The lowest BCUT2D eigenvalue weighted by Gasteiger charge is -2.03. The largest absolute Gasteiger partial charge is 0.285 e. The van der Waals surface area contributed by atoms with E-state index in [1.165, 1.54) is 5.56 Å². The fraction of sp³-hybridized carbons (Fsp3) is 0.214. The predicted octanol–water partition coefficient (Wildman–Crippen LogP) is 2.63. The van der Waals surface area contributed by atoms with Crippen molar-refractivity contribution >= 4 is 5.78 Å². The number of nitrogens with zero attached hydrogens (tertiary/aromatic N) is 2. The highest BCUT2D eigenvalue weighted by Crippen LogP contribution is 2.12. The van der Waals surface area contributed by atoms with Crippen molar-refractivity contribution in [3.05, 3.63) is 58.7 Å². The van der Waals surface area contributed by atoms with Crippen molar-refractivity contribution in [3.8, 4) is 0 Å². The Bertz CT molecular complexity index is 559. The zero-order valence-electron chi connectivity index (χ0n) is 10.2. The molecule has 2 aromatic rings. The van der Waals surface area contributed by atoms with E-state index >= 15 is 0 Å². The highest BCUT2D eigenvalue weighted by atomic mass is 16.1. The van der Waals surface area contributed by atoms with E-state index in [4.69, 9.17) is 0 Å². The number of aryl methyl sites for hydroxylation is 3. The second kappa shape index (κ2) is 4.45. The van der Waals surface area contributed by atoms with Crippen molar-refractivity contribution in [3.63, 3.8) is 0 Å². The van der Waals surface area contributed by atoms with Crippen LogP contribution in [0.5, 0.6) is 0 Å². The van der Waals surface area contributed by atoms with E-state index in [0.717, 1.165) is 11.1 Å². The molecule has 2 rings (SSSR count). The molecule has 1 aromatic heterocycles. The Hall–Kier alpha value is -2.03. The van der Waals surface area contributed by atoms with Gasteiger partial charge in [0.2, 0.25) is 11.6 Å². The first-order valence-corrected chi connectivity index (χ1v) is 5.48. The minimum Gasteiger partial charge on any atom is -0.285 e. The second-order valence-electron chi connectivity index (χ2n) is 4.21. The number of hydrogen-bond acceptors (Lipinski definition) is 3. The average molecular weight is 226 g/mol. The second-order valence-corrected chi connectivity index (χ2v) is 4.21. The monoisotopic (exact) mass is 226 g/mol. The van der Waals surface area contributed by atoms with E-state index in [1.54, 1.807) is 12.4 Å². The van der Waals surface area contributed by atoms with Gasteiger partial charge in [0.1, 0.15) is 0 Å². The van der Waals surface area contributed by atoms with Gasteiger partial charge in [0.05, 0.1) is 0 Å². The standard InChI is InChI=1S/C14H14N2O/c1-9-7-15-14(16-8-9)13(17)12-5-4-10(2)11(3)6-12/h4-8H,1-3H3. The maximum absolute atomic E-state index is 12.1. The number of hydrogen-bond donors (Lipinski definition) is 0. The van der Waals surface area contributed by atoms with Gasteiger partial charge < -0.3 is 0 Å². The minimum absolute atomic E-state index is 0.131. The highest BCUT2D eigenvalue weighted by molar-refractivity contribution is 6.06. The molecule has 0 aliphatic rings. The number of rotatable bonds is 2. The first kappa shape index (κ1) is 11.5. The van der Waals surface area contributed by atoms with E-state index in [9.17, 15) is 4.79 Å². The summed E-state index contributed by atoms with van der Waals surface area (Å²) in [6.07, 6.45) is 3.31. The summed E-state index contributed by atoms with van der Waals surface area (Å²) in [6.45, 7) is 5.90.